The van der Waals surface area contributed by atoms with Gasteiger partial charge in [-0.1, -0.05) is 15.9 Å². The van der Waals surface area contributed by atoms with Crippen molar-refractivity contribution < 1.29 is 4.74 Å². The summed E-state index contributed by atoms with van der Waals surface area (Å²) in [5.74, 6) is 0.993. The summed E-state index contributed by atoms with van der Waals surface area (Å²) < 4.78 is 6.48. The van der Waals surface area contributed by atoms with Crippen LogP contribution in [0.3, 0.4) is 0 Å². The van der Waals surface area contributed by atoms with E-state index in [9.17, 15) is 0 Å². The summed E-state index contributed by atoms with van der Waals surface area (Å²) in [4.78, 5) is 0. The zero-order valence-corrected chi connectivity index (χ0v) is 10.5. The molecular formula is C12H16BrNO. The summed E-state index contributed by atoms with van der Waals surface area (Å²) in [5, 5.41) is 3.50. The second-order valence-electron chi connectivity index (χ2n) is 3.95. The van der Waals surface area contributed by atoms with Gasteiger partial charge in [0, 0.05) is 10.5 Å². The van der Waals surface area contributed by atoms with Crippen LogP contribution in [0.5, 0.6) is 5.75 Å². The molecule has 0 bridgehead atoms. The maximum absolute atomic E-state index is 5.36. The molecule has 1 saturated heterocycles. The van der Waals surface area contributed by atoms with E-state index in [0.717, 1.165) is 23.2 Å². The van der Waals surface area contributed by atoms with Crippen LogP contribution in [-0.4, -0.2) is 19.7 Å². The SMILES string of the molecule is COc1ccc(Br)cc1CC1CCCN1. The molecule has 1 N–H and O–H groups in total. The number of benzene rings is 1. The monoisotopic (exact) mass is 269 g/mol. The van der Waals surface area contributed by atoms with Crippen LogP contribution in [0.2, 0.25) is 0 Å². The minimum absolute atomic E-state index is 0.619. The lowest BCUT2D eigenvalue weighted by molar-refractivity contribution is 0.406. The second kappa shape index (κ2) is 4.99. The van der Waals surface area contributed by atoms with E-state index in [1.54, 1.807) is 7.11 Å². The van der Waals surface area contributed by atoms with Crippen LogP contribution >= 0.6 is 15.9 Å². The lowest BCUT2D eigenvalue weighted by Crippen LogP contribution is -2.23. The van der Waals surface area contributed by atoms with Crippen molar-refractivity contribution in [3.8, 4) is 5.75 Å². The summed E-state index contributed by atoms with van der Waals surface area (Å²) in [5.41, 5.74) is 1.28. The Kier molecular flexibility index (Phi) is 3.65. The van der Waals surface area contributed by atoms with Gasteiger partial charge in [-0.05, 0) is 49.6 Å². The van der Waals surface area contributed by atoms with E-state index in [1.807, 2.05) is 12.1 Å². The Morgan fingerprint density at radius 3 is 3.07 bits per heavy atom. The molecule has 0 amide bonds. The summed E-state index contributed by atoms with van der Waals surface area (Å²) in [6, 6.07) is 6.81. The summed E-state index contributed by atoms with van der Waals surface area (Å²) in [6.45, 7) is 1.15. The van der Waals surface area contributed by atoms with Gasteiger partial charge in [0.25, 0.3) is 0 Å². The van der Waals surface area contributed by atoms with E-state index in [1.165, 1.54) is 18.4 Å². The van der Waals surface area contributed by atoms with Crippen molar-refractivity contribution in [2.24, 2.45) is 0 Å². The van der Waals surface area contributed by atoms with Gasteiger partial charge in [-0.3, -0.25) is 0 Å². The molecule has 0 aromatic heterocycles. The van der Waals surface area contributed by atoms with Gasteiger partial charge in [0.15, 0.2) is 0 Å². The third-order valence-corrected chi connectivity index (χ3v) is 3.36. The van der Waals surface area contributed by atoms with E-state index < -0.39 is 0 Å². The molecule has 0 spiro atoms. The molecule has 82 valence electrons. The standard InChI is InChI=1S/C12H16BrNO/c1-15-12-5-4-10(13)7-9(12)8-11-3-2-6-14-11/h4-5,7,11,14H,2-3,6,8H2,1H3. The van der Waals surface area contributed by atoms with Crippen molar-refractivity contribution in [1.29, 1.82) is 0 Å². The highest BCUT2D eigenvalue weighted by molar-refractivity contribution is 9.10. The van der Waals surface area contributed by atoms with E-state index in [0.29, 0.717) is 6.04 Å². The maximum Gasteiger partial charge on any atom is 0.122 e. The van der Waals surface area contributed by atoms with Gasteiger partial charge in [-0.25, -0.2) is 0 Å². The third kappa shape index (κ3) is 2.73. The van der Waals surface area contributed by atoms with Gasteiger partial charge in [0.1, 0.15) is 5.75 Å². The van der Waals surface area contributed by atoms with Crippen molar-refractivity contribution in [3.63, 3.8) is 0 Å². The molecule has 3 heteroatoms. The van der Waals surface area contributed by atoms with Gasteiger partial charge in [0.2, 0.25) is 0 Å². The Balaban J connectivity index is 2.14. The molecule has 1 aliphatic heterocycles. The lowest BCUT2D eigenvalue weighted by atomic mass is 10.0. The fraction of sp³-hybridized carbons (Fsp3) is 0.500. The molecule has 2 nitrogen and oxygen atoms in total. The highest BCUT2D eigenvalue weighted by Gasteiger charge is 2.16. The van der Waals surface area contributed by atoms with Gasteiger partial charge < -0.3 is 10.1 Å². The molecule has 0 aliphatic carbocycles. The zero-order valence-electron chi connectivity index (χ0n) is 8.92. The quantitative estimate of drug-likeness (QED) is 0.911. The van der Waals surface area contributed by atoms with E-state index >= 15 is 0 Å². The molecule has 0 radical (unpaired) electrons. The fourth-order valence-corrected chi connectivity index (χ4v) is 2.51. The molecule has 15 heavy (non-hydrogen) atoms. The van der Waals surface area contributed by atoms with Crippen LogP contribution in [0.4, 0.5) is 0 Å². The first kappa shape index (κ1) is 11.0. The molecule has 2 rings (SSSR count). The van der Waals surface area contributed by atoms with Crippen LogP contribution in [0.25, 0.3) is 0 Å². The van der Waals surface area contributed by atoms with Gasteiger partial charge in [-0.15, -0.1) is 0 Å². The number of hydrogen-bond acceptors (Lipinski definition) is 2. The Hall–Kier alpha value is -0.540. The molecule has 1 aromatic rings. The molecule has 1 unspecified atom stereocenters. The number of hydrogen-bond donors (Lipinski definition) is 1. The normalized spacial score (nSPS) is 20.5. The fourth-order valence-electron chi connectivity index (χ4n) is 2.10. The van der Waals surface area contributed by atoms with Crippen molar-refractivity contribution >= 4 is 15.9 Å². The summed E-state index contributed by atoms with van der Waals surface area (Å²) in [7, 11) is 1.73. The molecule has 1 atom stereocenters. The number of rotatable bonds is 3. The second-order valence-corrected chi connectivity index (χ2v) is 4.87. The minimum atomic E-state index is 0.619. The van der Waals surface area contributed by atoms with Crippen molar-refractivity contribution in [2.45, 2.75) is 25.3 Å². The predicted octanol–water partition coefficient (Wildman–Crippen LogP) is 2.75. The minimum Gasteiger partial charge on any atom is -0.496 e. The summed E-state index contributed by atoms with van der Waals surface area (Å²) in [6.07, 6.45) is 3.62. The third-order valence-electron chi connectivity index (χ3n) is 2.87. The molecule has 0 saturated carbocycles. The van der Waals surface area contributed by atoms with Crippen LogP contribution < -0.4 is 10.1 Å². The molecule has 1 aromatic carbocycles. The predicted molar refractivity (Wildman–Crippen MR) is 65.4 cm³/mol. The van der Waals surface area contributed by atoms with Crippen LogP contribution in [-0.2, 0) is 6.42 Å². The highest BCUT2D eigenvalue weighted by atomic mass is 79.9. The molecule has 1 aliphatic rings. The van der Waals surface area contributed by atoms with Crippen LogP contribution in [0, 0.1) is 0 Å². The van der Waals surface area contributed by atoms with Crippen molar-refractivity contribution in [3.05, 3.63) is 28.2 Å². The first-order valence-electron chi connectivity index (χ1n) is 5.35. The molecule has 1 heterocycles. The van der Waals surface area contributed by atoms with Gasteiger partial charge in [0.05, 0.1) is 7.11 Å². The number of halogens is 1. The Morgan fingerprint density at radius 1 is 1.53 bits per heavy atom. The number of nitrogens with one attached hydrogen (secondary N) is 1. The number of ether oxygens (including phenoxy) is 1. The highest BCUT2D eigenvalue weighted by Crippen LogP contribution is 2.25. The van der Waals surface area contributed by atoms with Gasteiger partial charge >= 0.3 is 0 Å². The largest absolute Gasteiger partial charge is 0.496 e. The van der Waals surface area contributed by atoms with E-state index in [-0.39, 0.29) is 0 Å². The van der Waals surface area contributed by atoms with Gasteiger partial charge in [-0.2, -0.15) is 0 Å². The molecular weight excluding hydrogens is 254 g/mol. The van der Waals surface area contributed by atoms with Crippen LogP contribution in [0.15, 0.2) is 22.7 Å². The van der Waals surface area contributed by atoms with Crippen LogP contribution in [0.1, 0.15) is 18.4 Å². The maximum atomic E-state index is 5.36. The lowest BCUT2D eigenvalue weighted by Gasteiger charge is -2.13. The zero-order chi connectivity index (χ0) is 10.7. The topological polar surface area (TPSA) is 21.3 Å². The molecule has 1 fully saturated rings. The number of methoxy groups -OCH3 is 1. The average Bonchev–Trinajstić information content (AvgIpc) is 2.71. The smallest absolute Gasteiger partial charge is 0.122 e. The van der Waals surface area contributed by atoms with E-state index in [4.69, 9.17) is 4.74 Å². The Morgan fingerprint density at radius 2 is 2.40 bits per heavy atom. The summed E-state index contributed by atoms with van der Waals surface area (Å²) >= 11 is 3.50. The Labute approximate surface area is 99.1 Å². The average molecular weight is 270 g/mol. The first-order chi connectivity index (χ1) is 7.29. The van der Waals surface area contributed by atoms with E-state index in [2.05, 4.69) is 27.3 Å². The first-order valence-corrected chi connectivity index (χ1v) is 6.14. The van der Waals surface area contributed by atoms with Crippen molar-refractivity contribution in [2.75, 3.05) is 13.7 Å². The van der Waals surface area contributed by atoms with Crippen molar-refractivity contribution in [1.82, 2.24) is 5.32 Å². The Bertz CT molecular complexity index is 334.